The zero-order valence-corrected chi connectivity index (χ0v) is 11.6. The van der Waals surface area contributed by atoms with Gasteiger partial charge in [0.15, 0.2) is 0 Å². The minimum absolute atomic E-state index is 0.0937. The third kappa shape index (κ3) is 2.70. The van der Waals surface area contributed by atoms with Gasteiger partial charge in [0.2, 0.25) is 0 Å². The number of nitrogen functional groups attached to an aromatic ring is 1. The normalized spacial score (nSPS) is 23.2. The Bertz CT molecular complexity index is 465. The molecular weight excluding hydrogens is 255 g/mol. The van der Waals surface area contributed by atoms with Gasteiger partial charge < -0.3 is 15.4 Å². The summed E-state index contributed by atoms with van der Waals surface area (Å²) in [7, 11) is 0. The van der Waals surface area contributed by atoms with Crippen molar-refractivity contribution in [2.45, 2.75) is 32.5 Å². The van der Waals surface area contributed by atoms with Crippen LogP contribution in [-0.4, -0.2) is 24.8 Å². The van der Waals surface area contributed by atoms with E-state index in [0.29, 0.717) is 12.2 Å². The Kier molecular flexibility index (Phi) is 3.43. The molecule has 0 saturated carbocycles. The summed E-state index contributed by atoms with van der Waals surface area (Å²) in [6, 6.07) is 2.85. The largest absolute Gasteiger partial charge is 0.397 e. The molecule has 0 bridgehead atoms. The predicted molar refractivity (Wildman–Crippen MR) is 72.7 cm³/mol. The zero-order valence-electron chi connectivity index (χ0n) is 10.8. The quantitative estimate of drug-likeness (QED) is 0.799. The van der Waals surface area contributed by atoms with E-state index in [2.05, 4.69) is 4.90 Å². The third-order valence-corrected chi connectivity index (χ3v) is 3.27. The van der Waals surface area contributed by atoms with Gasteiger partial charge in [-0.05, 0) is 26.8 Å². The Morgan fingerprint density at radius 1 is 1.50 bits per heavy atom. The van der Waals surface area contributed by atoms with Crippen LogP contribution >= 0.6 is 11.6 Å². The Morgan fingerprint density at radius 3 is 2.78 bits per heavy atom. The molecule has 0 aliphatic carbocycles. The van der Waals surface area contributed by atoms with Gasteiger partial charge in [-0.3, -0.25) is 0 Å². The average Bonchev–Trinajstić information content (AvgIpc) is 2.20. The van der Waals surface area contributed by atoms with Crippen LogP contribution in [0.3, 0.4) is 0 Å². The van der Waals surface area contributed by atoms with Crippen LogP contribution in [-0.2, 0) is 4.74 Å². The Labute approximate surface area is 112 Å². The molecule has 1 atom stereocenters. The summed E-state index contributed by atoms with van der Waals surface area (Å²) in [5, 5.41) is 0.0937. The third-order valence-electron chi connectivity index (χ3n) is 2.98. The van der Waals surface area contributed by atoms with E-state index < -0.39 is 5.82 Å². The summed E-state index contributed by atoms with van der Waals surface area (Å²) in [6.45, 7) is 7.47. The summed E-state index contributed by atoms with van der Waals surface area (Å²) in [5.41, 5.74) is 6.79. The number of halogens is 2. The number of hydrogen-bond donors (Lipinski definition) is 1. The smallest absolute Gasteiger partial charge is 0.143 e. The van der Waals surface area contributed by atoms with Gasteiger partial charge in [-0.25, -0.2) is 4.39 Å². The Balaban J connectivity index is 2.34. The fourth-order valence-electron chi connectivity index (χ4n) is 2.46. The number of morpholine rings is 1. The van der Waals surface area contributed by atoms with Crippen LogP contribution in [0.2, 0.25) is 5.02 Å². The van der Waals surface area contributed by atoms with E-state index in [-0.39, 0.29) is 16.7 Å². The molecule has 1 heterocycles. The highest BCUT2D eigenvalue weighted by atomic mass is 35.5. The van der Waals surface area contributed by atoms with Crippen molar-refractivity contribution >= 4 is 23.0 Å². The average molecular weight is 273 g/mol. The van der Waals surface area contributed by atoms with Crippen LogP contribution in [0.4, 0.5) is 15.8 Å². The van der Waals surface area contributed by atoms with Crippen LogP contribution in [0.1, 0.15) is 20.8 Å². The molecule has 3 nitrogen and oxygen atoms in total. The minimum atomic E-state index is -0.488. The molecule has 2 N–H and O–H groups in total. The van der Waals surface area contributed by atoms with Gasteiger partial charge in [-0.15, -0.1) is 0 Å². The molecule has 1 saturated heterocycles. The van der Waals surface area contributed by atoms with E-state index in [1.54, 1.807) is 6.07 Å². The first kappa shape index (κ1) is 13.4. The molecule has 2 rings (SSSR count). The molecule has 1 aromatic rings. The van der Waals surface area contributed by atoms with Crippen molar-refractivity contribution in [2.24, 2.45) is 0 Å². The second kappa shape index (κ2) is 4.59. The van der Waals surface area contributed by atoms with E-state index >= 15 is 0 Å². The van der Waals surface area contributed by atoms with E-state index in [4.69, 9.17) is 22.1 Å². The summed E-state index contributed by atoms with van der Waals surface area (Å²) >= 11 is 5.82. The lowest BCUT2D eigenvalue weighted by atomic mass is 10.0. The highest BCUT2D eigenvalue weighted by molar-refractivity contribution is 6.31. The van der Waals surface area contributed by atoms with E-state index in [0.717, 1.165) is 12.2 Å². The first-order valence-corrected chi connectivity index (χ1v) is 6.33. The SMILES string of the molecule is CC1CN(c2cc(Cl)c(F)cc2N)CC(C)(C)O1. The molecule has 1 aliphatic heterocycles. The molecule has 1 aromatic carbocycles. The molecule has 1 unspecified atom stereocenters. The van der Waals surface area contributed by atoms with Crippen molar-refractivity contribution in [3.63, 3.8) is 0 Å². The predicted octanol–water partition coefficient (Wildman–Crippen LogP) is 3.07. The van der Waals surface area contributed by atoms with Crippen molar-refractivity contribution in [1.29, 1.82) is 0 Å². The molecule has 100 valence electrons. The lowest BCUT2D eigenvalue weighted by Crippen LogP contribution is -2.52. The summed E-state index contributed by atoms with van der Waals surface area (Å²) in [5.74, 6) is -0.488. The molecule has 18 heavy (non-hydrogen) atoms. The topological polar surface area (TPSA) is 38.5 Å². The van der Waals surface area contributed by atoms with Crippen LogP contribution in [0.25, 0.3) is 0 Å². The maximum atomic E-state index is 13.3. The van der Waals surface area contributed by atoms with E-state index in [1.807, 2.05) is 20.8 Å². The fourth-order valence-corrected chi connectivity index (χ4v) is 2.62. The van der Waals surface area contributed by atoms with Crippen LogP contribution in [0, 0.1) is 5.82 Å². The highest BCUT2D eigenvalue weighted by Crippen LogP contribution is 2.33. The standard InChI is InChI=1S/C13H18ClFN2O/c1-8-6-17(7-13(2,3)18-8)12-4-9(14)10(15)5-11(12)16/h4-5,8H,6-7,16H2,1-3H3. The number of ether oxygens (including phenoxy) is 1. The van der Waals surface area contributed by atoms with Gasteiger partial charge >= 0.3 is 0 Å². The summed E-state index contributed by atoms with van der Waals surface area (Å²) in [6.07, 6.45) is 0.0944. The number of rotatable bonds is 1. The summed E-state index contributed by atoms with van der Waals surface area (Å²) in [4.78, 5) is 2.09. The fraction of sp³-hybridized carbons (Fsp3) is 0.538. The maximum Gasteiger partial charge on any atom is 0.143 e. The van der Waals surface area contributed by atoms with Gasteiger partial charge in [-0.1, -0.05) is 11.6 Å². The molecule has 0 aromatic heterocycles. The van der Waals surface area contributed by atoms with Crippen LogP contribution < -0.4 is 10.6 Å². The van der Waals surface area contributed by atoms with Gasteiger partial charge in [-0.2, -0.15) is 0 Å². The number of benzene rings is 1. The molecule has 5 heteroatoms. The second-order valence-electron chi connectivity index (χ2n) is 5.39. The lowest BCUT2D eigenvalue weighted by molar-refractivity contribution is -0.0749. The number of nitrogens with zero attached hydrogens (tertiary/aromatic N) is 1. The van der Waals surface area contributed by atoms with Gasteiger partial charge in [0.05, 0.1) is 28.1 Å². The second-order valence-corrected chi connectivity index (χ2v) is 5.80. The van der Waals surface area contributed by atoms with Crippen molar-refractivity contribution in [1.82, 2.24) is 0 Å². The zero-order chi connectivity index (χ0) is 13.5. The van der Waals surface area contributed by atoms with E-state index in [9.17, 15) is 4.39 Å². The monoisotopic (exact) mass is 272 g/mol. The lowest BCUT2D eigenvalue weighted by Gasteiger charge is -2.43. The summed E-state index contributed by atoms with van der Waals surface area (Å²) < 4.78 is 19.1. The highest BCUT2D eigenvalue weighted by Gasteiger charge is 2.32. The number of hydrogen-bond acceptors (Lipinski definition) is 3. The molecular formula is C13H18ClFN2O. The van der Waals surface area contributed by atoms with Crippen molar-refractivity contribution < 1.29 is 9.13 Å². The van der Waals surface area contributed by atoms with Crippen molar-refractivity contribution in [3.05, 3.63) is 23.0 Å². The van der Waals surface area contributed by atoms with Gasteiger partial charge in [0, 0.05) is 19.2 Å². The van der Waals surface area contributed by atoms with E-state index in [1.165, 1.54) is 6.07 Å². The molecule has 0 radical (unpaired) electrons. The minimum Gasteiger partial charge on any atom is -0.397 e. The van der Waals surface area contributed by atoms with Crippen LogP contribution in [0.15, 0.2) is 12.1 Å². The number of nitrogens with two attached hydrogens (primary N) is 1. The molecule has 0 spiro atoms. The molecule has 1 aliphatic rings. The van der Waals surface area contributed by atoms with Gasteiger partial charge in [0.25, 0.3) is 0 Å². The Hall–Kier alpha value is -1.00. The van der Waals surface area contributed by atoms with Crippen molar-refractivity contribution in [3.8, 4) is 0 Å². The first-order chi connectivity index (χ1) is 8.28. The van der Waals surface area contributed by atoms with Crippen molar-refractivity contribution in [2.75, 3.05) is 23.7 Å². The first-order valence-electron chi connectivity index (χ1n) is 5.96. The van der Waals surface area contributed by atoms with Gasteiger partial charge in [0.1, 0.15) is 5.82 Å². The molecule has 0 amide bonds. The Morgan fingerprint density at radius 2 is 2.17 bits per heavy atom. The molecule has 1 fully saturated rings. The van der Waals surface area contributed by atoms with Crippen LogP contribution in [0.5, 0.6) is 0 Å². The maximum absolute atomic E-state index is 13.3. The number of anilines is 2.